The van der Waals surface area contributed by atoms with E-state index in [1.165, 1.54) is 16.0 Å². The summed E-state index contributed by atoms with van der Waals surface area (Å²) in [5.41, 5.74) is 10.4. The fourth-order valence-corrected chi connectivity index (χ4v) is 3.73. The number of carbonyl (C=O) groups is 1. The van der Waals surface area contributed by atoms with Crippen molar-refractivity contribution in [2.24, 2.45) is 0 Å². The van der Waals surface area contributed by atoms with Crippen molar-refractivity contribution in [2.75, 3.05) is 23.7 Å². The third-order valence-electron chi connectivity index (χ3n) is 4.13. The normalized spacial score (nSPS) is 13.8. The van der Waals surface area contributed by atoms with Gasteiger partial charge in [0.05, 0.1) is 13.1 Å². The van der Waals surface area contributed by atoms with Crippen LogP contribution < -0.4 is 16.0 Å². The number of rotatable bonds is 4. The standard InChI is InChI=1S/C17H21N3OS/c1-12-7-9-22-16(12)10-19-17(21)11-20-8-3-4-13-14(18)5-2-6-15(13)20/h2,5-7,9H,3-4,8,10-11,18H2,1H3,(H,19,21). The molecule has 3 N–H and O–H groups in total. The van der Waals surface area contributed by atoms with Gasteiger partial charge in [-0.25, -0.2) is 0 Å². The molecule has 0 bridgehead atoms. The predicted molar refractivity (Wildman–Crippen MR) is 92.3 cm³/mol. The molecule has 0 unspecified atom stereocenters. The number of nitrogens with one attached hydrogen (secondary N) is 1. The third-order valence-corrected chi connectivity index (χ3v) is 5.15. The monoisotopic (exact) mass is 315 g/mol. The number of benzene rings is 1. The van der Waals surface area contributed by atoms with Gasteiger partial charge in [0.1, 0.15) is 0 Å². The van der Waals surface area contributed by atoms with Crippen molar-refractivity contribution in [3.8, 4) is 0 Å². The average molecular weight is 315 g/mol. The maximum absolute atomic E-state index is 12.2. The molecule has 0 fully saturated rings. The van der Waals surface area contributed by atoms with E-state index in [0.29, 0.717) is 13.1 Å². The SMILES string of the molecule is Cc1ccsc1CNC(=O)CN1CCCc2c(N)cccc21. The summed E-state index contributed by atoms with van der Waals surface area (Å²) in [5.74, 6) is 0.0584. The second-order valence-corrected chi connectivity index (χ2v) is 6.67. The number of hydrogen-bond donors (Lipinski definition) is 2. The highest BCUT2D eigenvalue weighted by atomic mass is 32.1. The maximum atomic E-state index is 12.2. The Morgan fingerprint density at radius 2 is 2.27 bits per heavy atom. The van der Waals surface area contributed by atoms with E-state index >= 15 is 0 Å². The van der Waals surface area contributed by atoms with E-state index in [-0.39, 0.29) is 5.91 Å². The summed E-state index contributed by atoms with van der Waals surface area (Å²) < 4.78 is 0. The van der Waals surface area contributed by atoms with Gasteiger partial charge in [-0.1, -0.05) is 6.07 Å². The first kappa shape index (κ1) is 14.9. The van der Waals surface area contributed by atoms with Gasteiger partial charge in [-0.15, -0.1) is 11.3 Å². The van der Waals surface area contributed by atoms with Gasteiger partial charge in [0.2, 0.25) is 5.91 Å². The molecule has 116 valence electrons. The van der Waals surface area contributed by atoms with Crippen LogP contribution in [-0.4, -0.2) is 19.0 Å². The van der Waals surface area contributed by atoms with Crippen LogP contribution in [-0.2, 0) is 17.8 Å². The second-order valence-electron chi connectivity index (χ2n) is 5.67. The van der Waals surface area contributed by atoms with Gasteiger partial charge in [0.25, 0.3) is 0 Å². The van der Waals surface area contributed by atoms with Gasteiger partial charge in [0, 0.05) is 22.8 Å². The van der Waals surface area contributed by atoms with E-state index in [9.17, 15) is 4.79 Å². The number of aryl methyl sites for hydroxylation is 1. The van der Waals surface area contributed by atoms with Crippen molar-refractivity contribution in [1.82, 2.24) is 5.32 Å². The molecule has 2 heterocycles. The van der Waals surface area contributed by atoms with Gasteiger partial charge < -0.3 is 16.0 Å². The molecule has 0 aliphatic carbocycles. The highest BCUT2D eigenvalue weighted by Crippen LogP contribution is 2.30. The van der Waals surface area contributed by atoms with E-state index in [2.05, 4.69) is 34.7 Å². The van der Waals surface area contributed by atoms with Gasteiger partial charge >= 0.3 is 0 Å². The molecule has 0 radical (unpaired) electrons. The summed E-state index contributed by atoms with van der Waals surface area (Å²) in [7, 11) is 0. The number of hydrogen-bond acceptors (Lipinski definition) is 4. The van der Waals surface area contributed by atoms with E-state index in [4.69, 9.17) is 5.73 Å². The number of fused-ring (bicyclic) bond motifs is 1. The van der Waals surface area contributed by atoms with Crippen LogP contribution in [0.15, 0.2) is 29.6 Å². The lowest BCUT2D eigenvalue weighted by molar-refractivity contribution is -0.119. The van der Waals surface area contributed by atoms with E-state index in [0.717, 1.165) is 30.8 Å². The number of nitrogens with two attached hydrogens (primary N) is 1. The van der Waals surface area contributed by atoms with Crippen LogP contribution in [0.5, 0.6) is 0 Å². The highest BCUT2D eigenvalue weighted by Gasteiger charge is 2.20. The molecular weight excluding hydrogens is 294 g/mol. The molecule has 1 aliphatic rings. The molecule has 22 heavy (non-hydrogen) atoms. The van der Waals surface area contributed by atoms with Crippen LogP contribution in [0.25, 0.3) is 0 Å². The molecular formula is C17H21N3OS. The molecule has 0 spiro atoms. The molecule has 1 aliphatic heterocycles. The van der Waals surface area contributed by atoms with Crippen molar-refractivity contribution in [2.45, 2.75) is 26.3 Å². The largest absolute Gasteiger partial charge is 0.398 e. The van der Waals surface area contributed by atoms with Crippen molar-refractivity contribution in [1.29, 1.82) is 0 Å². The van der Waals surface area contributed by atoms with E-state index in [1.54, 1.807) is 11.3 Å². The smallest absolute Gasteiger partial charge is 0.239 e. The van der Waals surface area contributed by atoms with Crippen LogP contribution in [0.3, 0.4) is 0 Å². The highest BCUT2D eigenvalue weighted by molar-refractivity contribution is 7.10. The van der Waals surface area contributed by atoms with Crippen LogP contribution in [0.2, 0.25) is 0 Å². The zero-order valence-electron chi connectivity index (χ0n) is 12.8. The molecule has 0 saturated carbocycles. The molecule has 1 aromatic carbocycles. The summed E-state index contributed by atoms with van der Waals surface area (Å²) >= 11 is 1.68. The van der Waals surface area contributed by atoms with E-state index < -0.39 is 0 Å². The van der Waals surface area contributed by atoms with Crippen LogP contribution in [0.1, 0.15) is 22.4 Å². The number of thiophene rings is 1. The van der Waals surface area contributed by atoms with Gasteiger partial charge in [0.15, 0.2) is 0 Å². The van der Waals surface area contributed by atoms with E-state index in [1.807, 2.05) is 12.1 Å². The second kappa shape index (κ2) is 6.40. The van der Waals surface area contributed by atoms with Crippen molar-refractivity contribution >= 4 is 28.6 Å². The minimum atomic E-state index is 0.0584. The van der Waals surface area contributed by atoms with Crippen molar-refractivity contribution in [3.05, 3.63) is 45.6 Å². The number of nitrogens with zero attached hydrogens (tertiary/aromatic N) is 1. The Morgan fingerprint density at radius 3 is 3.05 bits per heavy atom. The van der Waals surface area contributed by atoms with Crippen LogP contribution in [0.4, 0.5) is 11.4 Å². The molecule has 2 aromatic rings. The lowest BCUT2D eigenvalue weighted by Gasteiger charge is -2.31. The summed E-state index contributed by atoms with van der Waals surface area (Å²) in [5, 5.41) is 5.07. The molecule has 1 amide bonds. The fraction of sp³-hybridized carbons (Fsp3) is 0.353. The molecule has 5 heteroatoms. The van der Waals surface area contributed by atoms with Crippen LogP contribution in [0, 0.1) is 6.92 Å². The predicted octanol–water partition coefficient (Wildman–Crippen LogP) is 2.71. The van der Waals surface area contributed by atoms with Crippen LogP contribution >= 0.6 is 11.3 Å². The lowest BCUT2D eigenvalue weighted by atomic mass is 10.00. The maximum Gasteiger partial charge on any atom is 0.239 e. The molecule has 4 nitrogen and oxygen atoms in total. The number of nitrogen functional groups attached to an aromatic ring is 1. The minimum Gasteiger partial charge on any atom is -0.398 e. The average Bonchev–Trinajstić information content (AvgIpc) is 2.92. The third kappa shape index (κ3) is 3.09. The van der Waals surface area contributed by atoms with Gasteiger partial charge in [-0.3, -0.25) is 4.79 Å². The minimum absolute atomic E-state index is 0.0584. The Balaban J connectivity index is 1.63. The lowest BCUT2D eigenvalue weighted by Crippen LogP contribution is -2.39. The Hall–Kier alpha value is -2.01. The first-order valence-corrected chi connectivity index (χ1v) is 8.45. The Labute approximate surface area is 134 Å². The number of amides is 1. The molecule has 0 atom stereocenters. The zero-order valence-corrected chi connectivity index (χ0v) is 13.6. The Morgan fingerprint density at radius 1 is 1.41 bits per heavy atom. The summed E-state index contributed by atoms with van der Waals surface area (Å²) in [4.78, 5) is 15.6. The molecule has 3 rings (SSSR count). The summed E-state index contributed by atoms with van der Waals surface area (Å²) in [6, 6.07) is 8.03. The Kier molecular flexibility index (Phi) is 4.34. The summed E-state index contributed by atoms with van der Waals surface area (Å²) in [6.45, 7) is 3.98. The molecule has 0 saturated heterocycles. The van der Waals surface area contributed by atoms with Gasteiger partial charge in [-0.05, 0) is 54.5 Å². The summed E-state index contributed by atoms with van der Waals surface area (Å²) in [6.07, 6.45) is 2.03. The topological polar surface area (TPSA) is 58.4 Å². The number of carbonyl (C=O) groups excluding carboxylic acids is 1. The first-order chi connectivity index (χ1) is 10.6. The quantitative estimate of drug-likeness (QED) is 0.853. The van der Waals surface area contributed by atoms with Crippen molar-refractivity contribution < 1.29 is 4.79 Å². The number of anilines is 2. The first-order valence-electron chi connectivity index (χ1n) is 7.57. The van der Waals surface area contributed by atoms with Crippen molar-refractivity contribution in [3.63, 3.8) is 0 Å². The molecule has 1 aromatic heterocycles. The van der Waals surface area contributed by atoms with Gasteiger partial charge in [-0.2, -0.15) is 0 Å². The zero-order chi connectivity index (χ0) is 15.5. The Bertz CT molecular complexity index is 680. The fourth-order valence-electron chi connectivity index (χ4n) is 2.89.